The molecule has 0 bridgehead atoms. The number of ketones is 1. The molecule has 0 fully saturated rings. The van der Waals surface area contributed by atoms with E-state index in [1.165, 1.54) is 67.4 Å². The molecule has 1 aromatic carbocycles. The van der Waals surface area contributed by atoms with Gasteiger partial charge in [-0.3, -0.25) is 9.59 Å². The maximum Gasteiger partial charge on any atom is 0.318 e. The van der Waals surface area contributed by atoms with E-state index in [4.69, 9.17) is 4.74 Å². The lowest BCUT2D eigenvalue weighted by Gasteiger charge is -2.05. The van der Waals surface area contributed by atoms with Crippen LogP contribution in [0.5, 0.6) is 0 Å². The van der Waals surface area contributed by atoms with Gasteiger partial charge >= 0.3 is 5.97 Å². The molecule has 0 saturated heterocycles. The van der Waals surface area contributed by atoms with E-state index < -0.39 is 0 Å². The highest BCUT2D eigenvalue weighted by Gasteiger charge is 2.45. The van der Waals surface area contributed by atoms with Crippen molar-refractivity contribution in [2.24, 2.45) is 0 Å². The number of Topliss-reactive ketones (excluding diaryl/α,β-unsaturated/α-hetero) is 1. The summed E-state index contributed by atoms with van der Waals surface area (Å²) in [6, 6.07) is 9.03. The Kier molecular flexibility index (Phi) is 9.32. The molecule has 0 amide bonds. The van der Waals surface area contributed by atoms with Crippen LogP contribution in [0, 0.1) is 0 Å². The molecule has 1 aliphatic rings. The van der Waals surface area contributed by atoms with Crippen molar-refractivity contribution in [2.45, 2.75) is 90.4 Å². The number of carbonyl (C=O) groups excluding carboxylic acids is 2. The second-order valence-electron chi connectivity index (χ2n) is 8.58. The van der Waals surface area contributed by atoms with E-state index >= 15 is 0 Å². The smallest absolute Gasteiger partial charge is 0.318 e. The van der Waals surface area contributed by atoms with Gasteiger partial charge in [-0.15, -0.1) is 11.3 Å². The first-order chi connectivity index (χ1) is 15.2. The predicted molar refractivity (Wildman–Crippen MR) is 128 cm³/mol. The summed E-state index contributed by atoms with van der Waals surface area (Å²) < 4.78 is 5.09. The Labute approximate surface area is 191 Å². The fraction of sp³-hybridized carbons (Fsp3) is 0.556. The molecule has 0 spiro atoms. The van der Waals surface area contributed by atoms with Crippen molar-refractivity contribution in [1.82, 2.24) is 0 Å². The van der Waals surface area contributed by atoms with Crippen LogP contribution in [0.25, 0.3) is 0 Å². The van der Waals surface area contributed by atoms with Gasteiger partial charge < -0.3 is 4.74 Å². The first-order valence-corrected chi connectivity index (χ1v) is 12.9. The number of rotatable bonds is 15. The molecule has 0 N–H and O–H groups in total. The number of hydrogen-bond donors (Lipinski definition) is 0. The summed E-state index contributed by atoms with van der Waals surface area (Å²) in [4.78, 5) is 25.3. The van der Waals surface area contributed by atoms with E-state index in [1.807, 2.05) is 12.3 Å². The van der Waals surface area contributed by atoms with Crippen LogP contribution in [0.15, 0.2) is 29.6 Å². The molecule has 168 valence electrons. The summed E-state index contributed by atoms with van der Waals surface area (Å²) in [5, 5.41) is 1.94. The van der Waals surface area contributed by atoms with E-state index in [0.29, 0.717) is 13.0 Å². The first kappa shape index (κ1) is 23.7. The van der Waals surface area contributed by atoms with Crippen molar-refractivity contribution < 1.29 is 14.3 Å². The Bertz CT molecular complexity index is 850. The third-order valence-electron chi connectivity index (χ3n) is 6.11. The number of hydrogen-bond acceptors (Lipinski definition) is 4. The lowest BCUT2D eigenvalue weighted by atomic mass is 10.0. The van der Waals surface area contributed by atoms with Gasteiger partial charge in [0.1, 0.15) is 5.92 Å². The summed E-state index contributed by atoms with van der Waals surface area (Å²) >= 11 is 1.48. The third-order valence-corrected chi connectivity index (χ3v) is 7.17. The first-order valence-electron chi connectivity index (χ1n) is 12.0. The van der Waals surface area contributed by atoms with E-state index in [-0.39, 0.29) is 17.7 Å². The largest absolute Gasteiger partial charge is 0.465 e. The van der Waals surface area contributed by atoms with Crippen molar-refractivity contribution in [3.8, 4) is 0 Å². The fourth-order valence-electron chi connectivity index (χ4n) is 4.22. The minimum absolute atomic E-state index is 0.173. The standard InChI is InChI=1S/C27H36O3S/c1-3-5-6-7-8-9-12-20-15-17-21(18-16-20)13-10-11-14-23(28)26-24-22(19-31-26)25(24)27(29)30-4-2/h15-19,25H,3-14H2,1-2H3. The van der Waals surface area contributed by atoms with Crippen molar-refractivity contribution >= 4 is 23.1 Å². The average Bonchev–Trinajstić information content (AvgIpc) is 3.33. The number of fused-ring (bicyclic) bond motifs is 1. The van der Waals surface area contributed by atoms with E-state index in [1.54, 1.807) is 0 Å². The van der Waals surface area contributed by atoms with Crippen LogP contribution in [0.3, 0.4) is 0 Å². The fourth-order valence-corrected chi connectivity index (χ4v) is 5.32. The molecule has 2 aromatic rings. The Balaban J connectivity index is 1.32. The quantitative estimate of drug-likeness (QED) is 0.166. The number of carbonyl (C=O) groups is 2. The number of esters is 1. The molecule has 0 saturated carbocycles. The Hall–Kier alpha value is -1.94. The molecular weight excluding hydrogens is 404 g/mol. The highest BCUT2D eigenvalue weighted by Crippen LogP contribution is 2.50. The van der Waals surface area contributed by atoms with Gasteiger partial charge in [0.05, 0.1) is 11.5 Å². The zero-order valence-corrected chi connectivity index (χ0v) is 19.9. The van der Waals surface area contributed by atoms with Gasteiger partial charge in [-0.25, -0.2) is 0 Å². The lowest BCUT2D eigenvalue weighted by Crippen LogP contribution is -2.07. The Morgan fingerprint density at radius 1 is 0.871 bits per heavy atom. The van der Waals surface area contributed by atoms with Crippen LogP contribution >= 0.6 is 11.3 Å². The van der Waals surface area contributed by atoms with E-state index in [0.717, 1.165) is 35.3 Å². The normalized spacial score (nSPS) is 14.3. The molecule has 3 rings (SSSR count). The van der Waals surface area contributed by atoms with Gasteiger partial charge in [0.25, 0.3) is 0 Å². The maximum atomic E-state index is 12.6. The average molecular weight is 441 g/mol. The van der Waals surface area contributed by atoms with E-state index in [2.05, 4.69) is 31.2 Å². The molecule has 0 aliphatic heterocycles. The number of thiophene rings is 1. The zero-order valence-electron chi connectivity index (χ0n) is 19.1. The topological polar surface area (TPSA) is 43.4 Å². The third kappa shape index (κ3) is 6.77. The number of aryl methyl sites for hydroxylation is 2. The SMILES string of the molecule is CCCCCCCCc1ccc(CCCCC(=O)c2scc3c2C3C(=O)OCC)cc1. The minimum atomic E-state index is -0.269. The summed E-state index contributed by atoms with van der Waals surface area (Å²) in [6.07, 6.45) is 12.7. The van der Waals surface area contributed by atoms with Crippen molar-refractivity contribution in [3.05, 3.63) is 56.8 Å². The van der Waals surface area contributed by atoms with Gasteiger partial charge in [0, 0.05) is 6.42 Å². The highest BCUT2D eigenvalue weighted by molar-refractivity contribution is 7.12. The number of unbranched alkanes of at least 4 members (excludes halogenated alkanes) is 6. The molecule has 1 heterocycles. The van der Waals surface area contributed by atoms with Gasteiger partial charge in [0.2, 0.25) is 0 Å². The zero-order chi connectivity index (χ0) is 22.1. The van der Waals surface area contributed by atoms with Gasteiger partial charge in [-0.1, -0.05) is 63.3 Å². The van der Waals surface area contributed by atoms with E-state index in [9.17, 15) is 9.59 Å². The number of ether oxygens (including phenoxy) is 1. The molecule has 0 radical (unpaired) electrons. The monoisotopic (exact) mass is 440 g/mol. The lowest BCUT2D eigenvalue weighted by molar-refractivity contribution is -0.142. The molecule has 31 heavy (non-hydrogen) atoms. The second kappa shape index (κ2) is 12.2. The predicted octanol–water partition coefficient (Wildman–Crippen LogP) is 7.26. The Morgan fingerprint density at radius 3 is 2.13 bits per heavy atom. The van der Waals surface area contributed by atoms with Crippen LogP contribution in [0.2, 0.25) is 0 Å². The molecule has 1 atom stereocenters. The van der Waals surface area contributed by atoms with Crippen LogP contribution in [0.1, 0.15) is 109 Å². The van der Waals surface area contributed by atoms with Crippen molar-refractivity contribution in [1.29, 1.82) is 0 Å². The molecule has 1 unspecified atom stereocenters. The second-order valence-corrected chi connectivity index (χ2v) is 9.46. The summed E-state index contributed by atoms with van der Waals surface area (Å²) in [6.45, 7) is 4.45. The van der Waals surface area contributed by atoms with Crippen molar-refractivity contribution in [3.63, 3.8) is 0 Å². The van der Waals surface area contributed by atoms with Crippen LogP contribution in [-0.4, -0.2) is 18.4 Å². The van der Waals surface area contributed by atoms with Crippen molar-refractivity contribution in [2.75, 3.05) is 6.61 Å². The van der Waals surface area contributed by atoms with Gasteiger partial charge in [-0.2, -0.15) is 0 Å². The van der Waals surface area contributed by atoms with Gasteiger partial charge in [-0.05, 0) is 66.7 Å². The Morgan fingerprint density at radius 2 is 1.48 bits per heavy atom. The summed E-state index contributed by atoms with van der Waals surface area (Å²) in [5.41, 5.74) is 4.71. The molecule has 3 nitrogen and oxygen atoms in total. The minimum Gasteiger partial charge on any atom is -0.465 e. The van der Waals surface area contributed by atoms with Gasteiger partial charge in [0.15, 0.2) is 5.78 Å². The van der Waals surface area contributed by atoms with Crippen LogP contribution in [0.4, 0.5) is 0 Å². The summed E-state index contributed by atoms with van der Waals surface area (Å²) in [5.74, 6) is -0.309. The molecule has 1 aromatic heterocycles. The molecule has 4 heteroatoms. The maximum absolute atomic E-state index is 12.6. The number of benzene rings is 1. The molecular formula is C27H36O3S. The van der Waals surface area contributed by atoms with Crippen LogP contribution < -0.4 is 0 Å². The molecule has 1 aliphatic carbocycles. The highest BCUT2D eigenvalue weighted by atomic mass is 32.1. The van der Waals surface area contributed by atoms with Crippen LogP contribution in [-0.2, 0) is 22.4 Å². The summed E-state index contributed by atoms with van der Waals surface area (Å²) in [7, 11) is 0.